The molecular weight excluding hydrogens is 259 g/mol. The lowest BCUT2D eigenvalue weighted by Gasteiger charge is -2.36. The fourth-order valence-corrected chi connectivity index (χ4v) is 4.58. The van der Waals surface area contributed by atoms with Gasteiger partial charge < -0.3 is 9.84 Å². The van der Waals surface area contributed by atoms with Gasteiger partial charge in [0.25, 0.3) is 0 Å². The standard InChI is InChI=1S/C15H27FN2O2/c1-11-5-17(6-12(2)20-11)7-13-3-15(10-19)4-14(16)9-18(15)8-13/h11-14,19H,3-10H2,1-2H3/t11-,12+,13-,14-,15+/m1/s1. The van der Waals surface area contributed by atoms with Crippen LogP contribution in [0.15, 0.2) is 0 Å². The van der Waals surface area contributed by atoms with Crippen LogP contribution in [0.2, 0.25) is 0 Å². The molecule has 0 bridgehead atoms. The van der Waals surface area contributed by atoms with Gasteiger partial charge in [0.05, 0.1) is 18.8 Å². The number of halogens is 1. The van der Waals surface area contributed by atoms with E-state index in [0.29, 0.717) is 31.1 Å². The summed E-state index contributed by atoms with van der Waals surface area (Å²) in [5.41, 5.74) is -0.270. The molecule has 4 nitrogen and oxygen atoms in total. The quantitative estimate of drug-likeness (QED) is 0.836. The average molecular weight is 286 g/mol. The minimum atomic E-state index is -0.758. The summed E-state index contributed by atoms with van der Waals surface area (Å²) in [6.07, 6.45) is 1.27. The molecule has 3 aliphatic rings. The van der Waals surface area contributed by atoms with Gasteiger partial charge in [0.1, 0.15) is 6.17 Å². The van der Waals surface area contributed by atoms with Crippen LogP contribution in [-0.4, -0.2) is 78.2 Å². The molecule has 116 valence electrons. The fourth-order valence-electron chi connectivity index (χ4n) is 4.58. The first-order chi connectivity index (χ1) is 9.50. The molecule has 0 aromatic rings. The third kappa shape index (κ3) is 2.73. The predicted octanol–water partition coefficient (Wildman–Crippen LogP) is 0.890. The van der Waals surface area contributed by atoms with Crippen LogP contribution in [0, 0.1) is 5.92 Å². The average Bonchev–Trinajstić information content (AvgIpc) is 2.80. The van der Waals surface area contributed by atoms with Gasteiger partial charge in [-0.25, -0.2) is 4.39 Å². The molecule has 0 aliphatic carbocycles. The maximum absolute atomic E-state index is 13.6. The lowest BCUT2D eigenvalue weighted by molar-refractivity contribution is -0.0712. The van der Waals surface area contributed by atoms with E-state index in [2.05, 4.69) is 23.6 Å². The van der Waals surface area contributed by atoms with E-state index in [1.807, 2.05) is 0 Å². The molecule has 3 fully saturated rings. The molecule has 3 heterocycles. The van der Waals surface area contributed by atoms with E-state index in [-0.39, 0.29) is 12.1 Å². The van der Waals surface area contributed by atoms with Gasteiger partial charge in [0.15, 0.2) is 0 Å². The Morgan fingerprint density at radius 3 is 2.45 bits per heavy atom. The van der Waals surface area contributed by atoms with Crippen LogP contribution in [0.5, 0.6) is 0 Å². The molecule has 3 aliphatic heterocycles. The summed E-state index contributed by atoms with van der Waals surface area (Å²) in [7, 11) is 0. The summed E-state index contributed by atoms with van der Waals surface area (Å²) >= 11 is 0. The second kappa shape index (κ2) is 5.52. The molecule has 0 saturated carbocycles. The molecule has 3 saturated heterocycles. The molecule has 0 aromatic heterocycles. The molecule has 0 spiro atoms. The second-order valence-corrected chi connectivity index (χ2v) is 7.13. The van der Waals surface area contributed by atoms with Crippen molar-refractivity contribution in [2.75, 3.05) is 39.3 Å². The third-order valence-corrected chi connectivity index (χ3v) is 5.14. The van der Waals surface area contributed by atoms with Crippen LogP contribution in [-0.2, 0) is 4.74 Å². The summed E-state index contributed by atoms with van der Waals surface area (Å²) in [6.45, 7) is 8.80. The van der Waals surface area contributed by atoms with E-state index in [4.69, 9.17) is 4.74 Å². The van der Waals surface area contributed by atoms with Gasteiger partial charge in [-0.2, -0.15) is 0 Å². The van der Waals surface area contributed by atoms with Crippen molar-refractivity contribution in [2.24, 2.45) is 5.92 Å². The first-order valence-electron chi connectivity index (χ1n) is 7.88. The Labute approximate surface area is 120 Å². The fraction of sp³-hybridized carbons (Fsp3) is 1.00. The Kier molecular flexibility index (Phi) is 4.06. The van der Waals surface area contributed by atoms with E-state index < -0.39 is 6.17 Å². The SMILES string of the molecule is C[C@@H]1CN(C[C@@H]2CN3C[C@H](F)C[C@]3(CO)C2)C[C@H](C)O1. The second-order valence-electron chi connectivity index (χ2n) is 7.13. The van der Waals surface area contributed by atoms with Gasteiger partial charge in [-0.3, -0.25) is 9.80 Å². The number of ether oxygens (including phenoxy) is 1. The normalized spacial score (nSPS) is 46.8. The first-order valence-corrected chi connectivity index (χ1v) is 7.88. The zero-order valence-corrected chi connectivity index (χ0v) is 12.6. The highest BCUT2D eigenvalue weighted by atomic mass is 19.1. The van der Waals surface area contributed by atoms with Crippen LogP contribution in [0.1, 0.15) is 26.7 Å². The molecule has 20 heavy (non-hydrogen) atoms. The summed E-state index contributed by atoms with van der Waals surface area (Å²) < 4.78 is 19.4. The zero-order chi connectivity index (χ0) is 14.3. The highest BCUT2D eigenvalue weighted by Gasteiger charge is 2.51. The number of aliphatic hydroxyl groups is 1. The highest BCUT2D eigenvalue weighted by Crippen LogP contribution is 2.42. The van der Waals surface area contributed by atoms with Gasteiger partial charge >= 0.3 is 0 Å². The molecule has 0 radical (unpaired) electrons. The number of morpholine rings is 1. The van der Waals surface area contributed by atoms with Gasteiger partial charge in [-0.05, 0) is 26.2 Å². The molecule has 3 rings (SSSR count). The molecule has 0 unspecified atom stereocenters. The largest absolute Gasteiger partial charge is 0.394 e. The van der Waals surface area contributed by atoms with Crippen molar-refractivity contribution in [2.45, 2.75) is 50.6 Å². The number of hydrogen-bond donors (Lipinski definition) is 1. The van der Waals surface area contributed by atoms with Crippen LogP contribution in [0.4, 0.5) is 4.39 Å². The van der Waals surface area contributed by atoms with E-state index in [0.717, 1.165) is 32.6 Å². The Hall–Kier alpha value is -0.230. The molecule has 0 amide bonds. The molecule has 5 atom stereocenters. The van der Waals surface area contributed by atoms with E-state index in [1.165, 1.54) is 0 Å². The Balaban J connectivity index is 1.58. The van der Waals surface area contributed by atoms with E-state index in [9.17, 15) is 9.50 Å². The van der Waals surface area contributed by atoms with Crippen LogP contribution >= 0.6 is 0 Å². The Bertz CT molecular complexity index is 347. The van der Waals surface area contributed by atoms with Crippen molar-refractivity contribution in [3.63, 3.8) is 0 Å². The van der Waals surface area contributed by atoms with E-state index in [1.54, 1.807) is 0 Å². The van der Waals surface area contributed by atoms with E-state index >= 15 is 0 Å². The third-order valence-electron chi connectivity index (χ3n) is 5.14. The molecular formula is C15H27FN2O2. The monoisotopic (exact) mass is 286 g/mol. The predicted molar refractivity (Wildman–Crippen MR) is 75.5 cm³/mol. The van der Waals surface area contributed by atoms with Crippen LogP contribution in [0.3, 0.4) is 0 Å². The van der Waals surface area contributed by atoms with Crippen molar-refractivity contribution in [1.29, 1.82) is 0 Å². The molecule has 5 heteroatoms. The number of hydrogen-bond acceptors (Lipinski definition) is 4. The summed E-state index contributed by atoms with van der Waals surface area (Å²) in [4.78, 5) is 4.67. The number of fused-ring (bicyclic) bond motifs is 1. The lowest BCUT2D eigenvalue weighted by atomic mass is 9.90. The van der Waals surface area contributed by atoms with Gasteiger partial charge in [0.2, 0.25) is 0 Å². The van der Waals surface area contributed by atoms with Gasteiger partial charge in [-0.1, -0.05) is 0 Å². The zero-order valence-electron chi connectivity index (χ0n) is 12.6. The summed E-state index contributed by atoms with van der Waals surface area (Å²) in [5, 5.41) is 9.71. The van der Waals surface area contributed by atoms with Gasteiger partial charge in [0, 0.05) is 44.7 Å². The number of rotatable bonds is 3. The van der Waals surface area contributed by atoms with Crippen molar-refractivity contribution in [1.82, 2.24) is 9.80 Å². The first kappa shape index (κ1) is 14.7. The van der Waals surface area contributed by atoms with Crippen molar-refractivity contribution >= 4 is 0 Å². The number of alkyl halides is 1. The van der Waals surface area contributed by atoms with Crippen molar-refractivity contribution in [3.05, 3.63) is 0 Å². The summed E-state index contributed by atoms with van der Waals surface area (Å²) in [6, 6.07) is 0. The number of nitrogens with zero attached hydrogens (tertiary/aromatic N) is 2. The minimum Gasteiger partial charge on any atom is -0.394 e. The molecule has 0 aromatic carbocycles. The highest BCUT2D eigenvalue weighted by molar-refractivity contribution is 5.06. The smallest absolute Gasteiger partial charge is 0.115 e. The summed E-state index contributed by atoms with van der Waals surface area (Å²) in [5.74, 6) is 0.548. The lowest BCUT2D eigenvalue weighted by Crippen LogP contribution is -2.47. The minimum absolute atomic E-state index is 0.0971. The Morgan fingerprint density at radius 1 is 1.15 bits per heavy atom. The topological polar surface area (TPSA) is 35.9 Å². The number of aliphatic hydroxyl groups excluding tert-OH is 1. The van der Waals surface area contributed by atoms with Crippen LogP contribution < -0.4 is 0 Å². The maximum Gasteiger partial charge on any atom is 0.115 e. The van der Waals surface area contributed by atoms with Crippen molar-refractivity contribution < 1.29 is 14.2 Å². The van der Waals surface area contributed by atoms with Crippen molar-refractivity contribution in [3.8, 4) is 0 Å². The maximum atomic E-state index is 13.6. The molecule has 1 N–H and O–H groups in total. The Morgan fingerprint density at radius 2 is 1.85 bits per heavy atom. The van der Waals surface area contributed by atoms with Gasteiger partial charge in [-0.15, -0.1) is 0 Å². The van der Waals surface area contributed by atoms with Crippen LogP contribution in [0.25, 0.3) is 0 Å².